The lowest BCUT2D eigenvalue weighted by Gasteiger charge is -2.37. The number of sulfone groups is 1. The van der Waals surface area contributed by atoms with Crippen molar-refractivity contribution in [1.82, 2.24) is 9.62 Å². The number of hydrogen-bond acceptors (Lipinski definition) is 5. The Labute approximate surface area is 132 Å². The summed E-state index contributed by atoms with van der Waals surface area (Å²) < 4.78 is 51.0. The zero-order valence-corrected chi connectivity index (χ0v) is 14.6. The quantitative estimate of drug-likeness (QED) is 0.874. The van der Waals surface area contributed by atoms with E-state index < -0.39 is 19.9 Å². The smallest absolute Gasteiger partial charge is 0.243 e. The third-order valence-corrected chi connectivity index (χ3v) is 7.84. The molecule has 22 heavy (non-hydrogen) atoms. The summed E-state index contributed by atoms with van der Waals surface area (Å²) in [5.74, 6) is -0.0580. The maximum Gasteiger partial charge on any atom is 0.243 e. The Morgan fingerprint density at radius 2 is 1.82 bits per heavy atom. The van der Waals surface area contributed by atoms with Gasteiger partial charge in [-0.15, -0.1) is 0 Å². The number of sulfonamides is 1. The van der Waals surface area contributed by atoms with Crippen LogP contribution in [0.2, 0.25) is 0 Å². The molecule has 1 aliphatic rings. The predicted octanol–water partition coefficient (Wildman–Crippen LogP) is 0.851. The largest absolute Gasteiger partial charge is 0.311 e. The van der Waals surface area contributed by atoms with Gasteiger partial charge in [0.25, 0.3) is 0 Å². The van der Waals surface area contributed by atoms with Crippen LogP contribution in [-0.4, -0.2) is 52.1 Å². The van der Waals surface area contributed by atoms with E-state index in [1.165, 1.54) is 35.5 Å². The summed E-state index contributed by atoms with van der Waals surface area (Å²) in [4.78, 5) is 0.0786. The lowest BCUT2D eigenvalue weighted by molar-refractivity contribution is 0.233. The van der Waals surface area contributed by atoms with E-state index >= 15 is 0 Å². The fourth-order valence-electron chi connectivity index (χ4n) is 2.50. The van der Waals surface area contributed by atoms with Gasteiger partial charge in [0.05, 0.1) is 15.5 Å². The van der Waals surface area contributed by atoms with Crippen LogP contribution in [0, 0.1) is 0 Å². The van der Waals surface area contributed by atoms with Gasteiger partial charge in [-0.1, -0.05) is 13.0 Å². The average Bonchev–Trinajstić information content (AvgIpc) is 2.50. The topological polar surface area (TPSA) is 83.5 Å². The minimum absolute atomic E-state index is 0.0305. The van der Waals surface area contributed by atoms with E-state index in [0.29, 0.717) is 13.1 Å². The van der Waals surface area contributed by atoms with Crippen molar-refractivity contribution in [3.05, 3.63) is 24.3 Å². The first-order chi connectivity index (χ1) is 10.2. The van der Waals surface area contributed by atoms with Crippen LogP contribution in [0.25, 0.3) is 0 Å². The lowest BCUT2D eigenvalue weighted by atomic mass is 10.1. The molecule has 2 rings (SSSR count). The van der Waals surface area contributed by atoms with Gasteiger partial charge in [-0.2, -0.15) is 4.31 Å². The number of hydrogen-bond donors (Lipinski definition) is 1. The number of piperazine rings is 1. The van der Waals surface area contributed by atoms with Gasteiger partial charge >= 0.3 is 0 Å². The molecule has 0 spiro atoms. The summed E-state index contributed by atoms with van der Waals surface area (Å²) in [5.41, 5.74) is 0. The molecule has 1 aromatic carbocycles. The second kappa shape index (κ2) is 6.27. The van der Waals surface area contributed by atoms with Crippen LogP contribution in [0.4, 0.5) is 0 Å². The molecule has 0 bridgehead atoms. The van der Waals surface area contributed by atoms with E-state index in [1.54, 1.807) is 0 Å². The average molecular weight is 346 g/mol. The second-order valence-corrected chi connectivity index (χ2v) is 9.65. The molecule has 0 radical (unpaired) electrons. The first kappa shape index (κ1) is 17.4. The summed E-state index contributed by atoms with van der Waals surface area (Å²) in [6.45, 7) is 6.28. The highest BCUT2D eigenvalue weighted by molar-refractivity contribution is 7.91. The maximum atomic E-state index is 12.8. The molecule has 2 atom stereocenters. The van der Waals surface area contributed by atoms with Crippen molar-refractivity contribution in [1.29, 1.82) is 0 Å². The van der Waals surface area contributed by atoms with Crippen LogP contribution in [0.15, 0.2) is 34.1 Å². The molecule has 1 aromatic rings. The highest BCUT2D eigenvalue weighted by Crippen LogP contribution is 2.24. The molecule has 1 heterocycles. The van der Waals surface area contributed by atoms with Gasteiger partial charge < -0.3 is 5.32 Å². The third kappa shape index (κ3) is 3.19. The Bertz CT molecular complexity index is 744. The van der Waals surface area contributed by atoms with Crippen LogP contribution in [0.1, 0.15) is 20.8 Å². The van der Waals surface area contributed by atoms with Crippen LogP contribution in [0.5, 0.6) is 0 Å². The minimum Gasteiger partial charge on any atom is -0.311 e. The third-order valence-electron chi connectivity index (χ3n) is 4.13. The van der Waals surface area contributed by atoms with E-state index in [4.69, 9.17) is 0 Å². The molecule has 0 saturated carbocycles. The number of nitrogens with one attached hydrogen (secondary N) is 1. The molecule has 8 heteroatoms. The van der Waals surface area contributed by atoms with Crippen molar-refractivity contribution in [2.45, 2.75) is 42.6 Å². The normalized spacial score (nSPS) is 24.3. The van der Waals surface area contributed by atoms with Gasteiger partial charge in [-0.25, -0.2) is 16.8 Å². The number of nitrogens with zero attached hydrogens (tertiary/aromatic N) is 1. The molecule has 0 aromatic heterocycles. The fourth-order valence-corrected chi connectivity index (χ4v) is 5.24. The summed E-state index contributed by atoms with van der Waals surface area (Å²) in [7, 11) is -7.14. The van der Waals surface area contributed by atoms with E-state index in [1.807, 2.05) is 13.8 Å². The van der Waals surface area contributed by atoms with Crippen LogP contribution in [0.3, 0.4) is 0 Å². The van der Waals surface area contributed by atoms with Crippen LogP contribution >= 0.6 is 0 Å². The standard InChI is InChI=1S/C14H22N2O4S2/c1-4-21(17,18)13-6-5-7-14(10-13)22(19,20)16-9-8-15-11(2)12(16)3/h5-7,10-12,15H,4,8-9H2,1-3H3. The second-order valence-electron chi connectivity index (χ2n) is 5.48. The van der Waals surface area contributed by atoms with E-state index in [9.17, 15) is 16.8 Å². The Morgan fingerprint density at radius 3 is 2.45 bits per heavy atom. The van der Waals surface area contributed by atoms with Gasteiger partial charge in [-0.05, 0) is 32.0 Å². The monoisotopic (exact) mass is 346 g/mol. The Kier molecular flexibility index (Phi) is 4.96. The molecule has 0 aliphatic carbocycles. The highest BCUT2D eigenvalue weighted by Gasteiger charge is 2.34. The first-order valence-electron chi connectivity index (χ1n) is 7.28. The first-order valence-corrected chi connectivity index (χ1v) is 10.4. The highest BCUT2D eigenvalue weighted by atomic mass is 32.2. The van der Waals surface area contributed by atoms with Crippen molar-refractivity contribution in [2.75, 3.05) is 18.8 Å². The Hall–Kier alpha value is -0.960. The van der Waals surface area contributed by atoms with E-state index in [2.05, 4.69) is 5.32 Å². The van der Waals surface area contributed by atoms with Crippen molar-refractivity contribution >= 4 is 19.9 Å². The van der Waals surface area contributed by atoms with Gasteiger partial charge in [0.1, 0.15) is 0 Å². The molecule has 124 valence electrons. The van der Waals surface area contributed by atoms with Gasteiger partial charge in [0.2, 0.25) is 10.0 Å². The molecule has 1 N–H and O–H groups in total. The molecule has 1 fully saturated rings. The SMILES string of the molecule is CCS(=O)(=O)c1cccc(S(=O)(=O)N2CCNC(C)C2C)c1. The molecular weight excluding hydrogens is 324 g/mol. The van der Waals surface area contributed by atoms with E-state index in [0.717, 1.165) is 0 Å². The summed E-state index contributed by atoms with van der Waals surface area (Å²) in [6, 6.07) is 5.47. The molecule has 0 amide bonds. The van der Waals surface area contributed by atoms with Crippen molar-refractivity contribution in [3.8, 4) is 0 Å². The van der Waals surface area contributed by atoms with Gasteiger partial charge in [-0.3, -0.25) is 0 Å². The summed E-state index contributed by atoms with van der Waals surface area (Å²) >= 11 is 0. The summed E-state index contributed by atoms with van der Waals surface area (Å²) in [5, 5.41) is 3.23. The maximum absolute atomic E-state index is 12.8. The fraction of sp³-hybridized carbons (Fsp3) is 0.571. The van der Waals surface area contributed by atoms with E-state index in [-0.39, 0.29) is 27.6 Å². The summed E-state index contributed by atoms with van der Waals surface area (Å²) in [6.07, 6.45) is 0. The molecule has 2 unspecified atom stereocenters. The Morgan fingerprint density at radius 1 is 1.18 bits per heavy atom. The number of rotatable bonds is 4. The zero-order chi connectivity index (χ0) is 16.5. The van der Waals surface area contributed by atoms with Crippen molar-refractivity contribution < 1.29 is 16.8 Å². The van der Waals surface area contributed by atoms with Gasteiger partial charge in [0.15, 0.2) is 9.84 Å². The van der Waals surface area contributed by atoms with Crippen LogP contribution in [-0.2, 0) is 19.9 Å². The van der Waals surface area contributed by atoms with Gasteiger partial charge in [0, 0.05) is 25.2 Å². The number of benzene rings is 1. The molecule has 1 aliphatic heterocycles. The predicted molar refractivity (Wildman–Crippen MR) is 85.0 cm³/mol. The molecule has 6 nitrogen and oxygen atoms in total. The van der Waals surface area contributed by atoms with Crippen LogP contribution < -0.4 is 5.32 Å². The van der Waals surface area contributed by atoms with Crippen molar-refractivity contribution in [2.24, 2.45) is 0 Å². The minimum atomic E-state index is -3.71. The molecule has 1 saturated heterocycles. The lowest BCUT2D eigenvalue weighted by Crippen LogP contribution is -2.57. The van der Waals surface area contributed by atoms with Crippen molar-refractivity contribution in [3.63, 3.8) is 0 Å². The zero-order valence-electron chi connectivity index (χ0n) is 13.0. The Balaban J connectivity index is 2.44. The molecular formula is C14H22N2O4S2.